The summed E-state index contributed by atoms with van der Waals surface area (Å²) in [5.41, 5.74) is 4.09. The minimum atomic E-state index is 0.0707. The van der Waals surface area contributed by atoms with Crippen molar-refractivity contribution < 1.29 is 9.69 Å². The predicted molar refractivity (Wildman–Crippen MR) is 89.5 cm³/mol. The van der Waals surface area contributed by atoms with E-state index in [1.54, 1.807) is 0 Å². The summed E-state index contributed by atoms with van der Waals surface area (Å²) in [5, 5.41) is 3.14. The van der Waals surface area contributed by atoms with E-state index < -0.39 is 0 Å². The number of piperazine rings is 1. The molecule has 4 heteroatoms. The largest absolute Gasteiger partial charge is 0.360 e. The standard InChI is InChI=1S/C18H27N3O/c1-13-5-4-6-17(14(13)2)21-11-9-20(10-12-21)15(3)18(22)19-16-7-8-16/h4-6,15-16H,7-12H2,1-3H3,(H,19,22)/p+1/t15-/m0/s1. The van der Waals surface area contributed by atoms with Gasteiger partial charge >= 0.3 is 0 Å². The number of quaternary nitrogens is 1. The van der Waals surface area contributed by atoms with Gasteiger partial charge in [0, 0.05) is 11.7 Å². The Kier molecular flexibility index (Phi) is 4.39. The first kappa shape index (κ1) is 15.3. The lowest BCUT2D eigenvalue weighted by Gasteiger charge is -2.36. The lowest BCUT2D eigenvalue weighted by Crippen LogP contribution is -3.19. The molecule has 4 nitrogen and oxygen atoms in total. The average molecular weight is 302 g/mol. The number of nitrogens with zero attached hydrogens (tertiary/aromatic N) is 1. The van der Waals surface area contributed by atoms with E-state index >= 15 is 0 Å². The van der Waals surface area contributed by atoms with Crippen molar-refractivity contribution in [3.05, 3.63) is 29.3 Å². The molecular formula is C18H28N3O+. The molecule has 0 radical (unpaired) electrons. The Morgan fingerprint density at radius 2 is 1.95 bits per heavy atom. The van der Waals surface area contributed by atoms with Crippen LogP contribution in [0, 0.1) is 13.8 Å². The van der Waals surface area contributed by atoms with Gasteiger partial charge in [-0.15, -0.1) is 0 Å². The third-order valence-corrected chi connectivity index (χ3v) is 5.25. The van der Waals surface area contributed by atoms with Crippen LogP contribution in [0.3, 0.4) is 0 Å². The molecule has 1 aromatic rings. The Bertz CT molecular complexity index is 545. The van der Waals surface area contributed by atoms with Gasteiger partial charge in [-0.3, -0.25) is 4.79 Å². The van der Waals surface area contributed by atoms with Crippen molar-refractivity contribution in [2.24, 2.45) is 0 Å². The molecule has 0 unspecified atom stereocenters. The van der Waals surface area contributed by atoms with Gasteiger partial charge in [0.15, 0.2) is 6.04 Å². The molecular weight excluding hydrogens is 274 g/mol. The maximum atomic E-state index is 12.2. The highest BCUT2D eigenvalue weighted by atomic mass is 16.2. The Hall–Kier alpha value is -1.55. The fraction of sp³-hybridized carbons (Fsp3) is 0.611. The first-order chi connectivity index (χ1) is 10.6. The van der Waals surface area contributed by atoms with Gasteiger partial charge in [-0.1, -0.05) is 12.1 Å². The molecule has 120 valence electrons. The predicted octanol–water partition coefficient (Wildman–Crippen LogP) is 0.675. The van der Waals surface area contributed by atoms with Gasteiger partial charge in [-0.05, 0) is 50.8 Å². The quantitative estimate of drug-likeness (QED) is 0.858. The number of aryl methyl sites for hydroxylation is 1. The molecule has 0 bridgehead atoms. The molecule has 1 saturated heterocycles. The zero-order valence-electron chi connectivity index (χ0n) is 14.0. The maximum Gasteiger partial charge on any atom is 0.278 e. The monoisotopic (exact) mass is 302 g/mol. The maximum absolute atomic E-state index is 12.2. The van der Waals surface area contributed by atoms with Crippen molar-refractivity contribution in [1.29, 1.82) is 0 Å². The molecule has 1 amide bonds. The summed E-state index contributed by atoms with van der Waals surface area (Å²) in [4.78, 5) is 16.1. The summed E-state index contributed by atoms with van der Waals surface area (Å²) in [5.74, 6) is 0.234. The highest BCUT2D eigenvalue weighted by molar-refractivity contribution is 5.80. The third kappa shape index (κ3) is 3.27. The number of nitrogens with one attached hydrogen (secondary N) is 2. The molecule has 3 rings (SSSR count). The molecule has 1 saturated carbocycles. The average Bonchev–Trinajstić information content (AvgIpc) is 3.33. The number of hydrogen-bond donors (Lipinski definition) is 2. The second-order valence-corrected chi connectivity index (χ2v) is 6.87. The van der Waals surface area contributed by atoms with Crippen molar-refractivity contribution in [3.63, 3.8) is 0 Å². The third-order valence-electron chi connectivity index (χ3n) is 5.25. The summed E-state index contributed by atoms with van der Waals surface area (Å²) in [6.45, 7) is 10.6. The summed E-state index contributed by atoms with van der Waals surface area (Å²) in [6.07, 6.45) is 2.32. The minimum absolute atomic E-state index is 0.0707. The Morgan fingerprint density at radius 1 is 1.27 bits per heavy atom. The molecule has 2 aliphatic rings. The molecule has 1 aliphatic heterocycles. The molecule has 0 aromatic heterocycles. The van der Waals surface area contributed by atoms with E-state index in [-0.39, 0.29) is 11.9 Å². The normalized spacial score (nSPS) is 20.8. The minimum Gasteiger partial charge on any atom is -0.360 e. The fourth-order valence-corrected chi connectivity index (χ4v) is 3.29. The van der Waals surface area contributed by atoms with Crippen LogP contribution in [-0.4, -0.2) is 44.2 Å². The van der Waals surface area contributed by atoms with Gasteiger partial charge in [0.1, 0.15) is 0 Å². The van der Waals surface area contributed by atoms with E-state index in [1.165, 1.54) is 21.7 Å². The van der Waals surface area contributed by atoms with Crippen LogP contribution in [0.25, 0.3) is 0 Å². The number of hydrogen-bond acceptors (Lipinski definition) is 2. The van der Waals surface area contributed by atoms with E-state index in [1.807, 2.05) is 0 Å². The van der Waals surface area contributed by atoms with Crippen LogP contribution in [0.5, 0.6) is 0 Å². The van der Waals surface area contributed by atoms with Crippen LogP contribution in [-0.2, 0) is 4.79 Å². The number of benzene rings is 1. The molecule has 1 atom stereocenters. The van der Waals surface area contributed by atoms with Crippen molar-refractivity contribution in [2.75, 3.05) is 31.1 Å². The Labute approximate surface area is 133 Å². The molecule has 2 N–H and O–H groups in total. The molecule has 1 heterocycles. The SMILES string of the molecule is Cc1cccc(N2CC[NH+]([C@@H](C)C(=O)NC3CC3)CC2)c1C. The summed E-state index contributed by atoms with van der Waals surface area (Å²) < 4.78 is 0. The van der Waals surface area contributed by atoms with Crippen LogP contribution in [0.4, 0.5) is 5.69 Å². The molecule has 22 heavy (non-hydrogen) atoms. The first-order valence-corrected chi connectivity index (χ1v) is 8.52. The number of rotatable bonds is 4. The topological polar surface area (TPSA) is 36.8 Å². The number of carbonyl (C=O) groups excluding carboxylic acids is 1. The van der Waals surface area contributed by atoms with Gasteiger partial charge in [0.05, 0.1) is 26.2 Å². The summed E-state index contributed by atoms with van der Waals surface area (Å²) in [6, 6.07) is 7.07. The van der Waals surface area contributed by atoms with E-state index in [4.69, 9.17) is 0 Å². The van der Waals surface area contributed by atoms with E-state index in [0.717, 1.165) is 39.0 Å². The first-order valence-electron chi connectivity index (χ1n) is 8.52. The van der Waals surface area contributed by atoms with Gasteiger partial charge in [0.2, 0.25) is 0 Å². The lowest BCUT2D eigenvalue weighted by molar-refractivity contribution is -0.914. The van der Waals surface area contributed by atoms with Gasteiger partial charge in [-0.25, -0.2) is 0 Å². The Balaban J connectivity index is 1.57. The highest BCUT2D eigenvalue weighted by Crippen LogP contribution is 2.22. The van der Waals surface area contributed by atoms with Crippen molar-refractivity contribution in [3.8, 4) is 0 Å². The number of amides is 1. The van der Waals surface area contributed by atoms with Crippen LogP contribution in [0.1, 0.15) is 30.9 Å². The van der Waals surface area contributed by atoms with Crippen LogP contribution in [0.15, 0.2) is 18.2 Å². The molecule has 1 aromatic carbocycles. The van der Waals surface area contributed by atoms with Crippen molar-refractivity contribution in [1.82, 2.24) is 5.32 Å². The van der Waals surface area contributed by atoms with E-state index in [9.17, 15) is 4.79 Å². The lowest BCUT2D eigenvalue weighted by atomic mass is 10.1. The Morgan fingerprint density at radius 3 is 2.59 bits per heavy atom. The zero-order chi connectivity index (χ0) is 15.7. The fourth-order valence-electron chi connectivity index (χ4n) is 3.29. The van der Waals surface area contributed by atoms with Crippen LogP contribution < -0.4 is 15.1 Å². The molecule has 2 fully saturated rings. The zero-order valence-corrected chi connectivity index (χ0v) is 14.0. The molecule has 0 spiro atoms. The smallest absolute Gasteiger partial charge is 0.278 e. The summed E-state index contributed by atoms with van der Waals surface area (Å²) >= 11 is 0. The highest BCUT2D eigenvalue weighted by Gasteiger charge is 2.32. The number of anilines is 1. The van der Waals surface area contributed by atoms with E-state index in [0.29, 0.717) is 6.04 Å². The summed E-state index contributed by atoms with van der Waals surface area (Å²) in [7, 11) is 0. The molecule has 1 aliphatic carbocycles. The van der Waals surface area contributed by atoms with Crippen molar-refractivity contribution in [2.45, 2.75) is 45.7 Å². The van der Waals surface area contributed by atoms with Crippen molar-refractivity contribution >= 4 is 11.6 Å². The second-order valence-electron chi connectivity index (χ2n) is 6.87. The second kappa shape index (κ2) is 6.29. The van der Waals surface area contributed by atoms with Gasteiger partial charge in [0.25, 0.3) is 5.91 Å². The number of carbonyl (C=O) groups is 1. The van der Waals surface area contributed by atoms with Crippen LogP contribution >= 0.6 is 0 Å². The van der Waals surface area contributed by atoms with Gasteiger partial charge < -0.3 is 15.1 Å². The van der Waals surface area contributed by atoms with E-state index in [2.05, 4.69) is 49.2 Å². The van der Waals surface area contributed by atoms with Crippen LogP contribution in [0.2, 0.25) is 0 Å². The van der Waals surface area contributed by atoms with Gasteiger partial charge in [-0.2, -0.15) is 0 Å².